The molecule has 122 valence electrons. The molecule has 0 fully saturated rings. The summed E-state index contributed by atoms with van der Waals surface area (Å²) in [4.78, 5) is 4.10. The predicted molar refractivity (Wildman–Crippen MR) is 100 cm³/mol. The standard InChI is InChI=1S/C22H24N2/c1-17-8-10-21(11-9-17)22(20-6-4-3-5-7-20)24-18(2)16-19-12-14-23-15-13-19/h3-15,18,22,24H,16H2,1-2H3/t18-,22+/m1/s1. The van der Waals surface area contributed by atoms with Gasteiger partial charge in [0.1, 0.15) is 0 Å². The molecule has 2 heteroatoms. The Morgan fingerprint density at radius 1 is 0.833 bits per heavy atom. The number of nitrogens with zero attached hydrogens (tertiary/aromatic N) is 1. The number of nitrogens with one attached hydrogen (secondary N) is 1. The molecule has 3 aromatic rings. The molecule has 0 bridgehead atoms. The molecule has 0 radical (unpaired) electrons. The highest BCUT2D eigenvalue weighted by Crippen LogP contribution is 2.23. The van der Waals surface area contributed by atoms with E-state index in [-0.39, 0.29) is 6.04 Å². The molecule has 0 saturated heterocycles. The molecule has 0 amide bonds. The van der Waals surface area contributed by atoms with Crippen molar-refractivity contribution in [3.05, 3.63) is 101 Å². The number of aryl methyl sites for hydroxylation is 1. The van der Waals surface area contributed by atoms with Crippen LogP contribution in [0.4, 0.5) is 0 Å². The fourth-order valence-electron chi connectivity index (χ4n) is 3.01. The van der Waals surface area contributed by atoms with E-state index in [0.29, 0.717) is 6.04 Å². The third-order valence-electron chi connectivity index (χ3n) is 4.29. The molecular formula is C22H24N2. The third-order valence-corrected chi connectivity index (χ3v) is 4.29. The van der Waals surface area contributed by atoms with Crippen LogP contribution in [0, 0.1) is 6.92 Å². The molecule has 1 N–H and O–H groups in total. The zero-order chi connectivity index (χ0) is 16.8. The van der Waals surface area contributed by atoms with Gasteiger partial charge in [0.15, 0.2) is 0 Å². The van der Waals surface area contributed by atoms with Crippen LogP contribution in [0.2, 0.25) is 0 Å². The maximum atomic E-state index is 4.10. The van der Waals surface area contributed by atoms with Crippen molar-refractivity contribution in [2.24, 2.45) is 0 Å². The van der Waals surface area contributed by atoms with Crippen LogP contribution in [0.5, 0.6) is 0 Å². The van der Waals surface area contributed by atoms with Crippen molar-refractivity contribution in [2.75, 3.05) is 0 Å². The first kappa shape index (κ1) is 16.4. The monoisotopic (exact) mass is 316 g/mol. The second-order valence-corrected chi connectivity index (χ2v) is 6.38. The molecule has 0 saturated carbocycles. The van der Waals surface area contributed by atoms with Crippen molar-refractivity contribution >= 4 is 0 Å². The van der Waals surface area contributed by atoms with E-state index in [9.17, 15) is 0 Å². The Hall–Kier alpha value is -2.45. The van der Waals surface area contributed by atoms with Crippen LogP contribution in [0.15, 0.2) is 79.1 Å². The van der Waals surface area contributed by atoms with Crippen molar-refractivity contribution in [3.63, 3.8) is 0 Å². The SMILES string of the molecule is Cc1ccc([C@@H](N[C@H](C)Cc2ccncc2)c2ccccc2)cc1. The maximum Gasteiger partial charge on any atom is 0.0578 e. The van der Waals surface area contributed by atoms with Gasteiger partial charge >= 0.3 is 0 Å². The highest BCUT2D eigenvalue weighted by Gasteiger charge is 2.16. The summed E-state index contributed by atoms with van der Waals surface area (Å²) >= 11 is 0. The van der Waals surface area contributed by atoms with Crippen LogP contribution in [0.1, 0.15) is 35.2 Å². The minimum atomic E-state index is 0.198. The molecule has 2 atom stereocenters. The second-order valence-electron chi connectivity index (χ2n) is 6.38. The van der Waals surface area contributed by atoms with Crippen molar-refractivity contribution in [3.8, 4) is 0 Å². The topological polar surface area (TPSA) is 24.9 Å². The smallest absolute Gasteiger partial charge is 0.0578 e. The molecule has 24 heavy (non-hydrogen) atoms. The van der Waals surface area contributed by atoms with Crippen LogP contribution in [-0.4, -0.2) is 11.0 Å². The Kier molecular flexibility index (Phi) is 5.39. The first-order chi connectivity index (χ1) is 11.7. The van der Waals surface area contributed by atoms with E-state index in [0.717, 1.165) is 6.42 Å². The minimum absolute atomic E-state index is 0.198. The summed E-state index contributed by atoms with van der Waals surface area (Å²) < 4.78 is 0. The molecule has 0 unspecified atom stereocenters. The van der Waals surface area contributed by atoms with Gasteiger partial charge in [-0.25, -0.2) is 0 Å². The van der Waals surface area contributed by atoms with Gasteiger partial charge in [-0.15, -0.1) is 0 Å². The molecule has 3 rings (SSSR count). The number of rotatable bonds is 6. The summed E-state index contributed by atoms with van der Waals surface area (Å²) in [5.41, 5.74) is 5.19. The van der Waals surface area contributed by atoms with Crippen LogP contribution in [-0.2, 0) is 6.42 Å². The molecule has 0 aliphatic rings. The van der Waals surface area contributed by atoms with Gasteiger partial charge in [0.2, 0.25) is 0 Å². The van der Waals surface area contributed by atoms with Crippen LogP contribution in [0.3, 0.4) is 0 Å². The van der Waals surface area contributed by atoms with Crippen molar-refractivity contribution in [2.45, 2.75) is 32.4 Å². The van der Waals surface area contributed by atoms with Crippen LogP contribution < -0.4 is 5.32 Å². The van der Waals surface area contributed by atoms with E-state index >= 15 is 0 Å². The zero-order valence-corrected chi connectivity index (χ0v) is 14.3. The van der Waals surface area contributed by atoms with Crippen molar-refractivity contribution in [1.82, 2.24) is 10.3 Å². The van der Waals surface area contributed by atoms with E-state index < -0.39 is 0 Å². The maximum absolute atomic E-state index is 4.10. The van der Waals surface area contributed by atoms with Gasteiger partial charge in [0.25, 0.3) is 0 Å². The summed E-state index contributed by atoms with van der Waals surface area (Å²) in [7, 11) is 0. The van der Waals surface area contributed by atoms with E-state index in [4.69, 9.17) is 0 Å². The first-order valence-electron chi connectivity index (χ1n) is 8.49. The van der Waals surface area contributed by atoms with E-state index in [2.05, 4.69) is 90.9 Å². The molecule has 0 aliphatic carbocycles. The lowest BCUT2D eigenvalue weighted by Crippen LogP contribution is -2.32. The summed E-state index contributed by atoms with van der Waals surface area (Å²) in [5, 5.41) is 3.80. The van der Waals surface area contributed by atoms with E-state index in [1.54, 1.807) is 0 Å². The number of benzene rings is 2. The predicted octanol–water partition coefficient (Wildman–Crippen LogP) is 4.70. The molecule has 1 heterocycles. The summed E-state index contributed by atoms with van der Waals surface area (Å²) in [6, 6.07) is 24.2. The highest BCUT2D eigenvalue weighted by atomic mass is 14.9. The quantitative estimate of drug-likeness (QED) is 0.713. The molecule has 2 nitrogen and oxygen atoms in total. The fourth-order valence-corrected chi connectivity index (χ4v) is 3.01. The Morgan fingerprint density at radius 2 is 1.46 bits per heavy atom. The van der Waals surface area contributed by atoms with Crippen molar-refractivity contribution in [1.29, 1.82) is 0 Å². The Balaban J connectivity index is 1.81. The Labute approximate surface area is 144 Å². The number of hydrogen-bond acceptors (Lipinski definition) is 2. The van der Waals surface area contributed by atoms with Crippen LogP contribution in [0.25, 0.3) is 0 Å². The summed E-state index contributed by atoms with van der Waals surface area (Å²) in [6.45, 7) is 4.37. The lowest BCUT2D eigenvalue weighted by atomic mass is 9.96. The number of hydrogen-bond donors (Lipinski definition) is 1. The molecule has 2 aromatic carbocycles. The van der Waals surface area contributed by atoms with Gasteiger partial charge in [0.05, 0.1) is 6.04 Å². The van der Waals surface area contributed by atoms with E-state index in [1.807, 2.05) is 12.4 Å². The Morgan fingerprint density at radius 3 is 2.12 bits per heavy atom. The normalized spacial score (nSPS) is 13.4. The average Bonchev–Trinajstić information content (AvgIpc) is 2.62. The zero-order valence-electron chi connectivity index (χ0n) is 14.3. The Bertz CT molecular complexity index is 736. The van der Waals surface area contributed by atoms with Gasteiger partial charge in [-0.2, -0.15) is 0 Å². The van der Waals surface area contributed by atoms with E-state index in [1.165, 1.54) is 22.3 Å². The van der Waals surface area contributed by atoms with Gasteiger partial charge in [-0.3, -0.25) is 4.98 Å². The largest absolute Gasteiger partial charge is 0.303 e. The lowest BCUT2D eigenvalue weighted by Gasteiger charge is -2.24. The second kappa shape index (κ2) is 7.89. The number of pyridine rings is 1. The van der Waals surface area contributed by atoms with Gasteiger partial charge < -0.3 is 5.32 Å². The van der Waals surface area contributed by atoms with Crippen LogP contribution >= 0.6 is 0 Å². The molecular weight excluding hydrogens is 292 g/mol. The average molecular weight is 316 g/mol. The van der Waals surface area contributed by atoms with Gasteiger partial charge in [-0.1, -0.05) is 60.2 Å². The summed E-state index contributed by atoms with van der Waals surface area (Å²) in [6.07, 6.45) is 4.70. The molecule has 0 aliphatic heterocycles. The highest BCUT2D eigenvalue weighted by molar-refractivity contribution is 5.33. The van der Waals surface area contributed by atoms with Gasteiger partial charge in [-0.05, 0) is 49.1 Å². The first-order valence-corrected chi connectivity index (χ1v) is 8.49. The molecule has 0 spiro atoms. The fraction of sp³-hybridized carbons (Fsp3) is 0.227. The minimum Gasteiger partial charge on any atom is -0.303 e. The lowest BCUT2D eigenvalue weighted by molar-refractivity contribution is 0.496. The molecule has 1 aromatic heterocycles. The third kappa shape index (κ3) is 4.30. The number of aromatic nitrogens is 1. The van der Waals surface area contributed by atoms with Crippen molar-refractivity contribution < 1.29 is 0 Å². The van der Waals surface area contributed by atoms with Gasteiger partial charge in [0, 0.05) is 18.4 Å². The summed E-state index contributed by atoms with van der Waals surface area (Å²) in [5.74, 6) is 0.